The van der Waals surface area contributed by atoms with Gasteiger partial charge in [0.15, 0.2) is 5.82 Å². The molecule has 2 bridgehead atoms. The van der Waals surface area contributed by atoms with Crippen molar-refractivity contribution < 1.29 is 18.8 Å². The highest BCUT2D eigenvalue weighted by Gasteiger charge is 2.49. The molecule has 4 atom stereocenters. The Morgan fingerprint density at radius 3 is 2.88 bits per heavy atom. The number of carbonyl (C=O) groups excluding carboxylic acids is 2. The monoisotopic (exact) mass is 546 g/mol. The molecule has 3 aliphatic rings. The van der Waals surface area contributed by atoms with Crippen molar-refractivity contribution in [2.24, 2.45) is 11.8 Å². The van der Waals surface area contributed by atoms with Crippen LogP contribution in [0.25, 0.3) is 0 Å². The van der Waals surface area contributed by atoms with Crippen LogP contribution in [0.2, 0.25) is 0 Å². The zero-order chi connectivity index (χ0) is 27.8. The summed E-state index contributed by atoms with van der Waals surface area (Å²) in [5.74, 6) is 0.905. The Hall–Kier alpha value is -3.99. The van der Waals surface area contributed by atoms with Crippen molar-refractivity contribution in [3.05, 3.63) is 69.7 Å². The topological polar surface area (TPSA) is 132 Å². The molecule has 1 saturated heterocycles. The third kappa shape index (κ3) is 5.01. The Morgan fingerprint density at radius 1 is 1.18 bits per heavy atom. The number of pyridine rings is 1. The average Bonchev–Trinajstić information content (AvgIpc) is 3.39. The lowest BCUT2D eigenvalue weighted by Gasteiger charge is -2.54. The number of fused-ring (bicyclic) bond motifs is 8. The molecule has 3 aliphatic heterocycles. The van der Waals surface area contributed by atoms with Gasteiger partial charge in [0.05, 0.1) is 12.5 Å². The molecule has 210 valence electrons. The number of hydrogen-bond donors (Lipinski definition) is 2. The van der Waals surface area contributed by atoms with Crippen LogP contribution in [0, 0.1) is 11.8 Å². The molecule has 0 aliphatic carbocycles. The van der Waals surface area contributed by atoms with Crippen LogP contribution < -0.4 is 21.1 Å². The number of carbonyl (C=O) groups is 2. The van der Waals surface area contributed by atoms with Gasteiger partial charge in [-0.1, -0.05) is 11.2 Å². The van der Waals surface area contributed by atoms with Crippen LogP contribution in [0.5, 0.6) is 0 Å². The van der Waals surface area contributed by atoms with Crippen LogP contribution in [-0.2, 0) is 40.1 Å². The number of piperidine rings is 1. The molecule has 0 saturated carbocycles. The summed E-state index contributed by atoms with van der Waals surface area (Å²) in [5.41, 5.74) is 3.87. The van der Waals surface area contributed by atoms with E-state index in [9.17, 15) is 14.4 Å². The van der Waals surface area contributed by atoms with E-state index < -0.39 is 0 Å². The van der Waals surface area contributed by atoms with Crippen LogP contribution in [0.1, 0.15) is 42.2 Å². The van der Waals surface area contributed by atoms with Gasteiger partial charge in [-0.15, -0.1) is 0 Å². The normalized spacial score (nSPS) is 22.6. The van der Waals surface area contributed by atoms with Gasteiger partial charge < -0.3 is 29.4 Å². The smallest absolute Gasteiger partial charge is 0.250 e. The number of methoxy groups -OCH3 is 1. The first-order chi connectivity index (χ1) is 19.4. The van der Waals surface area contributed by atoms with Gasteiger partial charge in [-0.25, -0.2) is 0 Å². The molecule has 2 amide bonds. The molecule has 1 fully saturated rings. The molecule has 11 heteroatoms. The predicted molar refractivity (Wildman–Crippen MR) is 147 cm³/mol. The summed E-state index contributed by atoms with van der Waals surface area (Å²) in [5, 5.41) is 9.96. The molecular formula is C29H34N6O5. The van der Waals surface area contributed by atoms with Crippen LogP contribution >= 0.6 is 0 Å². The highest BCUT2D eigenvalue weighted by molar-refractivity contribution is 5.89. The van der Waals surface area contributed by atoms with Crippen molar-refractivity contribution in [1.29, 1.82) is 0 Å². The van der Waals surface area contributed by atoms with Crippen molar-refractivity contribution in [2.45, 2.75) is 51.1 Å². The first-order valence-electron chi connectivity index (χ1n) is 13.9. The van der Waals surface area contributed by atoms with E-state index in [4.69, 9.17) is 9.26 Å². The molecule has 3 aromatic rings. The van der Waals surface area contributed by atoms with Crippen LogP contribution in [0.15, 0.2) is 45.7 Å². The number of nitrogens with zero attached hydrogens (tertiary/aromatic N) is 4. The number of nitrogens with one attached hydrogen (secondary N) is 2. The van der Waals surface area contributed by atoms with Gasteiger partial charge in [-0.05, 0) is 48.6 Å². The first-order valence-corrected chi connectivity index (χ1v) is 13.9. The van der Waals surface area contributed by atoms with Gasteiger partial charge in [-0.3, -0.25) is 14.4 Å². The maximum absolute atomic E-state index is 13.8. The summed E-state index contributed by atoms with van der Waals surface area (Å²) >= 11 is 0. The third-order valence-corrected chi connectivity index (χ3v) is 8.29. The second-order valence-electron chi connectivity index (χ2n) is 11.0. The van der Waals surface area contributed by atoms with Gasteiger partial charge in [0, 0.05) is 81.6 Å². The summed E-state index contributed by atoms with van der Waals surface area (Å²) < 4.78 is 12.3. The first kappa shape index (κ1) is 26.2. The molecule has 0 radical (unpaired) electrons. The maximum Gasteiger partial charge on any atom is 0.250 e. The molecule has 40 heavy (non-hydrogen) atoms. The van der Waals surface area contributed by atoms with Gasteiger partial charge in [0.25, 0.3) is 5.56 Å². The SMILES string of the molecule is COCCc1noc(CCNC(=O)C2Cc3cc(NC(C)=O)ccc3N3CC4CC(c5cccc(=O)n5C4)C23)n1. The largest absolute Gasteiger partial charge is 0.384 e. The van der Waals surface area contributed by atoms with Gasteiger partial charge >= 0.3 is 0 Å². The summed E-state index contributed by atoms with van der Waals surface area (Å²) in [6.45, 7) is 3.82. The molecular weight excluding hydrogens is 512 g/mol. The Balaban J connectivity index is 1.27. The number of rotatable bonds is 8. The van der Waals surface area contributed by atoms with Crippen molar-refractivity contribution >= 4 is 23.2 Å². The average molecular weight is 547 g/mol. The molecule has 4 unspecified atom stereocenters. The fourth-order valence-electron chi connectivity index (χ4n) is 6.71. The molecule has 2 N–H and O–H groups in total. The Morgan fingerprint density at radius 2 is 2.05 bits per heavy atom. The van der Waals surface area contributed by atoms with Crippen molar-refractivity contribution in [3.8, 4) is 0 Å². The van der Waals surface area contributed by atoms with Crippen molar-refractivity contribution in [3.63, 3.8) is 0 Å². The molecule has 5 heterocycles. The minimum absolute atomic E-state index is 0.0160. The number of ether oxygens (including phenoxy) is 1. The Labute approximate surface area is 231 Å². The maximum atomic E-state index is 13.8. The number of amides is 2. The molecule has 2 aromatic heterocycles. The summed E-state index contributed by atoms with van der Waals surface area (Å²) in [6.07, 6.45) is 2.48. The number of benzene rings is 1. The lowest BCUT2D eigenvalue weighted by Crippen LogP contribution is -2.60. The summed E-state index contributed by atoms with van der Waals surface area (Å²) in [6, 6.07) is 11.3. The number of aromatic nitrogens is 3. The third-order valence-electron chi connectivity index (χ3n) is 8.29. The quantitative estimate of drug-likeness (QED) is 0.438. The van der Waals surface area contributed by atoms with E-state index in [2.05, 4.69) is 31.7 Å². The standard InChI is InChI=1S/C29H34N6O5/c1-17(36)31-20-6-7-23-19(13-20)14-22(29(38)30-10-8-26-32-25(33-40-26)9-11-39-2)28-21-12-18(16-35(23)28)15-34-24(21)4-3-5-27(34)37/h3-7,13,18,21-22,28H,8-12,14-16H2,1-2H3,(H,30,38)(H,31,36). The van der Waals surface area contributed by atoms with Crippen molar-refractivity contribution in [2.75, 3.05) is 37.0 Å². The fourth-order valence-corrected chi connectivity index (χ4v) is 6.71. The zero-order valence-electron chi connectivity index (χ0n) is 22.8. The minimum Gasteiger partial charge on any atom is -0.384 e. The molecule has 0 spiro atoms. The number of anilines is 2. The Bertz CT molecular complexity index is 1480. The summed E-state index contributed by atoms with van der Waals surface area (Å²) in [4.78, 5) is 45.0. The van der Waals surface area contributed by atoms with Crippen LogP contribution in [0.4, 0.5) is 11.4 Å². The van der Waals surface area contributed by atoms with E-state index in [0.29, 0.717) is 56.6 Å². The predicted octanol–water partition coefficient (Wildman–Crippen LogP) is 1.90. The zero-order valence-corrected chi connectivity index (χ0v) is 22.8. The van der Waals surface area contributed by atoms with E-state index in [1.165, 1.54) is 6.92 Å². The highest BCUT2D eigenvalue weighted by atomic mass is 16.5. The molecule has 1 aromatic carbocycles. The fraction of sp³-hybridized carbons (Fsp3) is 0.483. The van der Waals surface area contributed by atoms with Gasteiger partial charge in [0.1, 0.15) is 0 Å². The lowest BCUT2D eigenvalue weighted by molar-refractivity contribution is -0.126. The second kappa shape index (κ2) is 10.9. The highest BCUT2D eigenvalue weighted by Crippen LogP contribution is 2.48. The van der Waals surface area contributed by atoms with E-state index in [0.717, 1.165) is 35.6 Å². The minimum atomic E-state index is -0.340. The van der Waals surface area contributed by atoms with Crippen LogP contribution in [-0.4, -0.2) is 59.4 Å². The lowest BCUT2D eigenvalue weighted by atomic mass is 9.69. The Kier molecular flexibility index (Phi) is 7.14. The van der Waals surface area contributed by atoms with Gasteiger partial charge in [-0.2, -0.15) is 4.98 Å². The van der Waals surface area contributed by atoms with Gasteiger partial charge in [0.2, 0.25) is 17.7 Å². The molecule has 6 rings (SSSR count). The van der Waals surface area contributed by atoms with E-state index >= 15 is 0 Å². The second-order valence-corrected chi connectivity index (χ2v) is 11.0. The van der Waals surface area contributed by atoms with Crippen molar-refractivity contribution in [1.82, 2.24) is 20.0 Å². The van der Waals surface area contributed by atoms with E-state index in [1.807, 2.05) is 28.8 Å². The number of hydrogen-bond acceptors (Lipinski definition) is 8. The van der Waals surface area contributed by atoms with E-state index in [-0.39, 0.29) is 35.3 Å². The van der Waals surface area contributed by atoms with E-state index in [1.54, 1.807) is 13.2 Å². The summed E-state index contributed by atoms with van der Waals surface area (Å²) in [7, 11) is 1.62. The van der Waals surface area contributed by atoms with Crippen LogP contribution in [0.3, 0.4) is 0 Å². The molecule has 11 nitrogen and oxygen atoms in total.